The van der Waals surface area contributed by atoms with Crippen molar-refractivity contribution in [1.82, 2.24) is 55.1 Å². The third kappa shape index (κ3) is 18.0. The Kier molecular flexibility index (Phi) is 23.5. The minimum atomic E-state index is -0.943. The van der Waals surface area contributed by atoms with Crippen LogP contribution in [0.2, 0.25) is 0 Å². The molecule has 8 aromatic rings. The van der Waals surface area contributed by atoms with Crippen molar-refractivity contribution >= 4 is 63.0 Å². The van der Waals surface area contributed by atoms with Crippen molar-refractivity contribution in [2.24, 2.45) is 16.6 Å². The maximum absolute atomic E-state index is 14.2. The van der Waals surface area contributed by atoms with Crippen molar-refractivity contribution in [3.8, 4) is 44.8 Å². The van der Waals surface area contributed by atoms with Crippen LogP contribution in [-0.4, -0.2) is 189 Å². The maximum Gasteiger partial charge on any atom is 0.408 e. The quantitative estimate of drug-likeness (QED) is 0.0697. The molecule has 22 nitrogen and oxygen atoms in total. The first-order valence-corrected chi connectivity index (χ1v) is 42.8. The molecule has 12 bridgehead atoms. The van der Waals surface area contributed by atoms with Crippen molar-refractivity contribution in [3.63, 3.8) is 0 Å². The summed E-state index contributed by atoms with van der Waals surface area (Å²) >= 11 is 0. The zero-order chi connectivity index (χ0) is 80.9. The van der Waals surface area contributed by atoms with Crippen LogP contribution in [0, 0.1) is 10.8 Å². The third-order valence-electron chi connectivity index (χ3n) is 24.6. The average molecular weight is 1560 g/mol. The lowest BCUT2D eigenvalue weighted by Crippen LogP contribution is -2.60. The average Bonchev–Trinajstić information content (AvgIpc) is 1.77. The number of pyridine rings is 2. The van der Waals surface area contributed by atoms with Gasteiger partial charge in [0.2, 0.25) is 0 Å². The first-order chi connectivity index (χ1) is 55.1. The van der Waals surface area contributed by atoms with Gasteiger partial charge in [0.25, 0.3) is 11.8 Å². The van der Waals surface area contributed by atoms with Crippen LogP contribution in [0.4, 0.5) is 16.2 Å². The molecule has 612 valence electrons. The Balaban J connectivity index is 0.000000182. The number of rotatable bonds is 11. The third-order valence-corrected chi connectivity index (χ3v) is 24.6. The van der Waals surface area contributed by atoms with Gasteiger partial charge in [0.15, 0.2) is 0 Å². The Bertz CT molecular complexity index is 4930. The van der Waals surface area contributed by atoms with E-state index in [0.29, 0.717) is 58.0 Å². The predicted octanol–water partition coefficient (Wildman–Crippen LogP) is 14.1. The van der Waals surface area contributed by atoms with Gasteiger partial charge in [-0.1, -0.05) is 116 Å². The first kappa shape index (κ1) is 81.0. The number of carbonyl (C=O) groups is 5. The van der Waals surface area contributed by atoms with Crippen LogP contribution in [0.25, 0.3) is 66.6 Å². The Labute approximate surface area is 679 Å². The zero-order valence-electron chi connectivity index (χ0n) is 70.2. The minimum Gasteiger partial charge on any atom is -0.464 e. The number of piperazine rings is 2. The molecular weight excluding hydrogens is 1440 g/mol. The fourth-order valence-electron chi connectivity index (χ4n) is 18.4. The lowest BCUT2D eigenvalue weighted by Gasteiger charge is -2.36. The molecule has 6 aliphatic heterocycles. The molecule has 2 saturated carbocycles. The highest BCUT2D eigenvalue weighted by Gasteiger charge is 2.40. The van der Waals surface area contributed by atoms with E-state index in [9.17, 15) is 24.0 Å². The molecule has 4 aromatic heterocycles. The molecule has 22 heteroatoms. The number of esters is 2. The van der Waals surface area contributed by atoms with Gasteiger partial charge in [0, 0.05) is 141 Å². The Morgan fingerprint density at radius 3 is 1.40 bits per heavy atom. The van der Waals surface area contributed by atoms with Crippen LogP contribution in [0.1, 0.15) is 187 Å². The van der Waals surface area contributed by atoms with Crippen LogP contribution >= 0.6 is 0 Å². The number of hydrogen-bond acceptors (Lipinski definition) is 17. The van der Waals surface area contributed by atoms with Crippen LogP contribution in [0.15, 0.2) is 109 Å². The molecule has 4 aromatic carbocycles. The van der Waals surface area contributed by atoms with Gasteiger partial charge in [-0.3, -0.25) is 49.0 Å². The lowest BCUT2D eigenvalue weighted by atomic mass is 9.83. The van der Waals surface area contributed by atoms with Gasteiger partial charge in [-0.15, -0.1) is 0 Å². The second-order valence-corrected chi connectivity index (χ2v) is 36.8. The van der Waals surface area contributed by atoms with E-state index in [1.807, 2.05) is 18.2 Å². The number of amides is 3. The van der Waals surface area contributed by atoms with Crippen LogP contribution in [-0.2, 0) is 72.2 Å². The summed E-state index contributed by atoms with van der Waals surface area (Å²) in [6, 6.07) is 33.5. The molecule has 115 heavy (non-hydrogen) atoms. The minimum absolute atomic E-state index is 0.195. The summed E-state index contributed by atoms with van der Waals surface area (Å²) in [5.74, 6) is -0.852. The Morgan fingerprint density at radius 2 is 0.983 bits per heavy atom. The summed E-state index contributed by atoms with van der Waals surface area (Å²) in [6.45, 7) is 38.7. The number of fused-ring (bicyclic) bond motifs is 12. The van der Waals surface area contributed by atoms with Crippen molar-refractivity contribution < 1.29 is 38.2 Å². The molecule has 16 rings (SSSR count). The second kappa shape index (κ2) is 33.4. The van der Waals surface area contributed by atoms with Crippen molar-refractivity contribution in [2.75, 3.05) is 88.5 Å². The van der Waals surface area contributed by atoms with E-state index in [4.69, 9.17) is 29.9 Å². The standard InChI is InChI=1S/C49H65N7O5.C44H57N7O3/c1-9-55-42-18-15-34-26-37(42)39(44(55)38-27-36(29-50-43(38)31(2)3)54-22-20-53(21-23-54)35-16-17-35)28-49(7,8)30-60-46(58)40-14-11-19-56(52-40)45(57)41(51-47(59)61-48(4,5)6)25-32-12-10-13-33(34)24-32;1-6-50-39-15-12-31-23-34(39)36(41(50)35-24-33(26-46-40(35)28(2)3)49-19-17-48(18-20-49)32-13-14-32)25-44(4,5)27-54-43(53)38-11-8-16-51(47-38)42(52)37(45)22-29-9-7-10-30(31)21-29/h10,12-13,15,18,24,26-27,29,31,35,40-41,52H,9,11,14,16-17,19-23,25,28,30H2,1-8H3,(H,51,59);7,9-10,12,15,21,23-24,26,28,32,37-38,47H,6,8,11,13-14,16-20,22,25,27,45H2,1-5H3/t40-,41-;37-,38-/m00/s1. The number of alkyl carbamates (subject to hydrolysis) is 1. The van der Waals surface area contributed by atoms with Gasteiger partial charge < -0.3 is 44.2 Å². The van der Waals surface area contributed by atoms with Gasteiger partial charge in [0.1, 0.15) is 23.7 Å². The Hall–Kier alpha value is -9.19. The van der Waals surface area contributed by atoms with Gasteiger partial charge in [-0.05, 0) is 198 Å². The molecule has 3 amide bonds. The van der Waals surface area contributed by atoms with Crippen molar-refractivity contribution in [3.05, 3.63) is 143 Å². The number of hydrazine groups is 2. The maximum atomic E-state index is 14.2. The number of aromatic nitrogens is 4. The Morgan fingerprint density at radius 1 is 0.557 bits per heavy atom. The molecule has 10 heterocycles. The monoisotopic (exact) mass is 1560 g/mol. The largest absolute Gasteiger partial charge is 0.464 e. The van der Waals surface area contributed by atoms with Crippen LogP contribution in [0.5, 0.6) is 0 Å². The number of nitrogens with one attached hydrogen (secondary N) is 3. The number of nitrogens with zero attached hydrogens (tertiary/aromatic N) is 10. The number of benzene rings is 4. The lowest BCUT2D eigenvalue weighted by molar-refractivity contribution is -0.156. The summed E-state index contributed by atoms with van der Waals surface area (Å²) in [6.07, 6.45) is 13.3. The van der Waals surface area contributed by atoms with Gasteiger partial charge in [-0.25, -0.2) is 15.6 Å². The highest BCUT2D eigenvalue weighted by molar-refractivity contribution is 5.98. The predicted molar refractivity (Wildman–Crippen MR) is 456 cm³/mol. The van der Waals surface area contributed by atoms with Crippen LogP contribution < -0.4 is 31.7 Å². The highest BCUT2D eigenvalue weighted by Crippen LogP contribution is 2.46. The van der Waals surface area contributed by atoms with E-state index in [-0.39, 0.29) is 49.3 Å². The van der Waals surface area contributed by atoms with E-state index >= 15 is 0 Å². The number of carbonyl (C=O) groups excluding carboxylic acids is 5. The zero-order valence-corrected chi connectivity index (χ0v) is 70.2. The number of cyclic esters (lactones) is 2. The molecule has 4 saturated heterocycles. The summed E-state index contributed by atoms with van der Waals surface area (Å²) in [5.41, 5.74) is 31.4. The van der Waals surface area contributed by atoms with Crippen LogP contribution in [0.3, 0.4) is 0 Å². The second-order valence-electron chi connectivity index (χ2n) is 36.8. The normalized spacial score (nSPS) is 22.2. The van der Waals surface area contributed by atoms with Crippen molar-refractivity contribution in [1.29, 1.82) is 0 Å². The molecule has 0 spiro atoms. The van der Waals surface area contributed by atoms with E-state index < -0.39 is 52.7 Å². The fraction of sp³-hybridized carbons (Fsp3) is 0.538. The first-order valence-electron chi connectivity index (χ1n) is 42.8. The summed E-state index contributed by atoms with van der Waals surface area (Å²) in [4.78, 5) is 89.0. The summed E-state index contributed by atoms with van der Waals surface area (Å²) < 4.78 is 22.8. The molecule has 4 atom stereocenters. The topological polar surface area (TPSA) is 230 Å². The summed E-state index contributed by atoms with van der Waals surface area (Å²) in [7, 11) is 0. The SMILES string of the molecule is CCn1c(-c2cc(N3CCN(C4CC4)CC3)cnc2C(C)C)c2c3cc(ccc31)-c1cccc(c1)C[C@H](N)C(=O)N1CCC[C@H](N1)C(=O)OCC(C)(C)C2.CCn1c(-c2cc(N3CCN(C4CC4)CC3)cnc2C(C)C)c2c3cc(ccc31)-c1cccc(c1)C[C@H](NC(=O)OC(C)(C)C)C(=O)N1CCC[C@H](N1)C(=O)OCC(C)(C)C2. The molecular formula is C93H122N14O8. The molecule has 2 aliphatic carbocycles. The van der Waals surface area contributed by atoms with E-state index in [0.717, 1.165) is 144 Å². The number of hydrogen-bond donors (Lipinski definition) is 4. The van der Waals surface area contributed by atoms with E-state index in [2.05, 4.69) is 205 Å². The van der Waals surface area contributed by atoms with E-state index in [1.54, 1.807) is 20.8 Å². The molecule has 0 unspecified atom stereocenters. The van der Waals surface area contributed by atoms with Crippen molar-refractivity contribution in [2.45, 2.75) is 234 Å². The fourth-order valence-corrected chi connectivity index (χ4v) is 18.4. The van der Waals surface area contributed by atoms with Gasteiger partial charge in [0.05, 0.1) is 65.8 Å². The number of nitrogens with two attached hydrogens (primary N) is 1. The summed E-state index contributed by atoms with van der Waals surface area (Å²) in [5, 5.41) is 8.21. The van der Waals surface area contributed by atoms with Gasteiger partial charge >= 0.3 is 18.0 Å². The number of anilines is 2. The number of ether oxygens (including phenoxy) is 3. The molecule has 6 fully saturated rings. The smallest absolute Gasteiger partial charge is 0.408 e. The van der Waals surface area contributed by atoms with Gasteiger partial charge in [-0.2, -0.15) is 0 Å². The molecule has 0 radical (unpaired) electrons. The van der Waals surface area contributed by atoms with E-state index in [1.165, 1.54) is 80.4 Å². The molecule has 8 aliphatic rings. The molecule has 5 N–H and O–H groups in total. The number of aryl methyl sites for hydroxylation is 2. The highest BCUT2D eigenvalue weighted by atomic mass is 16.6.